The van der Waals surface area contributed by atoms with Crippen molar-refractivity contribution < 1.29 is 14.3 Å². The van der Waals surface area contributed by atoms with Crippen molar-refractivity contribution in [3.05, 3.63) is 29.8 Å². The van der Waals surface area contributed by atoms with E-state index in [2.05, 4.69) is 17.1 Å². The van der Waals surface area contributed by atoms with Crippen LogP contribution < -0.4 is 10.1 Å². The number of piperidine rings is 1. The highest BCUT2D eigenvalue weighted by molar-refractivity contribution is 5.79. The SMILES string of the molecule is CCCN1C(=O)CC[C@]2(CNC(=O)Cc3ccc(OC)cc3)CCC[C@@H]12. The molecular weight excluding hydrogens is 328 g/mol. The normalized spacial score (nSPS) is 25.1. The van der Waals surface area contributed by atoms with Crippen molar-refractivity contribution in [2.45, 2.75) is 57.9 Å². The minimum atomic E-state index is 0.0501. The van der Waals surface area contributed by atoms with Crippen LogP contribution in [0.25, 0.3) is 0 Å². The maximum absolute atomic E-state index is 12.4. The van der Waals surface area contributed by atoms with E-state index in [1.165, 1.54) is 0 Å². The molecule has 5 nitrogen and oxygen atoms in total. The molecule has 1 aliphatic heterocycles. The lowest BCUT2D eigenvalue weighted by molar-refractivity contribution is -0.141. The predicted molar refractivity (Wildman–Crippen MR) is 101 cm³/mol. The summed E-state index contributed by atoms with van der Waals surface area (Å²) in [6, 6.07) is 7.91. The van der Waals surface area contributed by atoms with Crippen LogP contribution in [0.4, 0.5) is 0 Å². The molecule has 0 unspecified atom stereocenters. The van der Waals surface area contributed by atoms with E-state index >= 15 is 0 Å². The average Bonchev–Trinajstić information content (AvgIpc) is 3.08. The van der Waals surface area contributed by atoms with Crippen LogP contribution in [0.1, 0.15) is 51.0 Å². The van der Waals surface area contributed by atoms with Crippen LogP contribution in [0, 0.1) is 5.41 Å². The molecule has 1 aliphatic carbocycles. The van der Waals surface area contributed by atoms with E-state index in [9.17, 15) is 9.59 Å². The number of benzene rings is 1. The first-order chi connectivity index (χ1) is 12.6. The number of hydrogen-bond donors (Lipinski definition) is 1. The molecule has 0 bridgehead atoms. The van der Waals surface area contributed by atoms with Crippen molar-refractivity contribution in [2.75, 3.05) is 20.2 Å². The van der Waals surface area contributed by atoms with Gasteiger partial charge in [0.05, 0.1) is 13.5 Å². The van der Waals surface area contributed by atoms with Crippen LogP contribution in [0.2, 0.25) is 0 Å². The van der Waals surface area contributed by atoms with E-state index in [1.54, 1.807) is 7.11 Å². The smallest absolute Gasteiger partial charge is 0.224 e. The molecular formula is C21H30N2O3. The molecule has 1 saturated heterocycles. The van der Waals surface area contributed by atoms with Crippen molar-refractivity contribution in [1.82, 2.24) is 10.2 Å². The molecule has 3 rings (SSSR count). The molecule has 1 saturated carbocycles. The van der Waals surface area contributed by atoms with Gasteiger partial charge >= 0.3 is 0 Å². The van der Waals surface area contributed by atoms with Crippen LogP contribution in [0.3, 0.4) is 0 Å². The lowest BCUT2D eigenvalue weighted by Gasteiger charge is -2.46. The average molecular weight is 358 g/mol. The molecule has 5 heteroatoms. The third-order valence-corrected chi connectivity index (χ3v) is 6.02. The van der Waals surface area contributed by atoms with Gasteiger partial charge in [-0.3, -0.25) is 9.59 Å². The second kappa shape index (κ2) is 8.11. The number of rotatable bonds is 7. The zero-order valence-electron chi connectivity index (χ0n) is 15.9. The standard InChI is InChI=1S/C21H30N2O3/c1-3-13-23-18-5-4-11-21(18,12-10-20(23)25)15-22-19(24)14-16-6-8-17(26-2)9-7-16/h6-9,18H,3-5,10-15H2,1-2H3,(H,22,24)/t18-,21+/m1/s1. The van der Waals surface area contributed by atoms with Gasteiger partial charge in [-0.2, -0.15) is 0 Å². The Morgan fingerprint density at radius 1 is 1.31 bits per heavy atom. The molecule has 2 atom stereocenters. The summed E-state index contributed by atoms with van der Waals surface area (Å²) in [6.45, 7) is 3.64. The summed E-state index contributed by atoms with van der Waals surface area (Å²) in [4.78, 5) is 26.9. The zero-order chi connectivity index (χ0) is 18.6. The molecule has 0 spiro atoms. The van der Waals surface area contributed by atoms with E-state index in [4.69, 9.17) is 4.74 Å². The summed E-state index contributed by atoms with van der Waals surface area (Å²) in [5.74, 6) is 1.14. The van der Waals surface area contributed by atoms with Crippen molar-refractivity contribution in [1.29, 1.82) is 0 Å². The molecule has 142 valence electrons. The molecule has 1 aromatic carbocycles. The summed E-state index contributed by atoms with van der Waals surface area (Å²) in [5.41, 5.74) is 1.05. The number of amides is 2. The van der Waals surface area contributed by atoms with Crippen molar-refractivity contribution in [2.24, 2.45) is 5.41 Å². The highest BCUT2D eigenvalue weighted by Crippen LogP contribution is 2.47. The Labute approximate surface area is 156 Å². The number of ether oxygens (including phenoxy) is 1. The Hall–Kier alpha value is -2.04. The Kier molecular flexibility index (Phi) is 5.84. The van der Waals surface area contributed by atoms with Gasteiger partial charge in [0.2, 0.25) is 11.8 Å². The summed E-state index contributed by atoms with van der Waals surface area (Å²) in [7, 11) is 1.63. The zero-order valence-corrected chi connectivity index (χ0v) is 15.9. The van der Waals surface area contributed by atoms with Gasteiger partial charge in [-0.1, -0.05) is 25.5 Å². The molecule has 1 aromatic rings. The monoisotopic (exact) mass is 358 g/mol. The summed E-state index contributed by atoms with van der Waals surface area (Å²) < 4.78 is 5.15. The van der Waals surface area contributed by atoms with Gasteiger partial charge in [-0.25, -0.2) is 0 Å². The number of nitrogens with one attached hydrogen (secondary N) is 1. The molecule has 2 amide bonds. The maximum Gasteiger partial charge on any atom is 0.224 e. The first kappa shape index (κ1) is 18.7. The summed E-state index contributed by atoms with van der Waals surface area (Å²) >= 11 is 0. The quantitative estimate of drug-likeness (QED) is 0.815. The Bertz CT molecular complexity index is 643. The lowest BCUT2D eigenvalue weighted by Crippen LogP contribution is -2.56. The van der Waals surface area contributed by atoms with Crippen molar-refractivity contribution in [3.8, 4) is 5.75 Å². The number of hydrogen-bond acceptors (Lipinski definition) is 3. The second-order valence-electron chi connectivity index (χ2n) is 7.66. The van der Waals surface area contributed by atoms with Crippen LogP contribution in [0.5, 0.6) is 5.75 Å². The summed E-state index contributed by atoms with van der Waals surface area (Å²) in [5, 5.41) is 3.16. The first-order valence-corrected chi connectivity index (χ1v) is 9.77. The second-order valence-corrected chi connectivity index (χ2v) is 7.66. The van der Waals surface area contributed by atoms with Gasteiger partial charge in [0, 0.05) is 31.0 Å². The molecule has 1 N–H and O–H groups in total. The van der Waals surface area contributed by atoms with Crippen molar-refractivity contribution >= 4 is 11.8 Å². The summed E-state index contributed by atoms with van der Waals surface area (Å²) in [6.07, 6.45) is 6.20. The number of methoxy groups -OCH3 is 1. The maximum atomic E-state index is 12.4. The van der Waals surface area contributed by atoms with Crippen LogP contribution in [-0.4, -0.2) is 43.0 Å². The fourth-order valence-corrected chi connectivity index (χ4v) is 4.65. The molecule has 2 fully saturated rings. The molecule has 1 heterocycles. The van der Waals surface area contributed by atoms with Gasteiger partial charge in [0.15, 0.2) is 0 Å². The number of nitrogens with zero attached hydrogens (tertiary/aromatic N) is 1. The minimum Gasteiger partial charge on any atom is -0.497 e. The van der Waals surface area contributed by atoms with Gasteiger partial charge in [-0.15, -0.1) is 0 Å². The van der Waals surface area contributed by atoms with E-state index < -0.39 is 0 Å². The van der Waals surface area contributed by atoms with E-state index in [0.717, 1.165) is 50.0 Å². The third-order valence-electron chi connectivity index (χ3n) is 6.02. The Morgan fingerprint density at radius 3 is 2.77 bits per heavy atom. The van der Waals surface area contributed by atoms with E-state index in [1.807, 2.05) is 24.3 Å². The van der Waals surface area contributed by atoms with E-state index in [0.29, 0.717) is 31.3 Å². The molecule has 0 radical (unpaired) electrons. The number of carbonyl (C=O) groups excluding carboxylic acids is 2. The molecule has 26 heavy (non-hydrogen) atoms. The largest absolute Gasteiger partial charge is 0.497 e. The predicted octanol–water partition coefficient (Wildman–Crippen LogP) is 2.93. The Morgan fingerprint density at radius 2 is 2.08 bits per heavy atom. The van der Waals surface area contributed by atoms with Gasteiger partial charge in [0.1, 0.15) is 5.75 Å². The van der Waals surface area contributed by atoms with Crippen LogP contribution in [-0.2, 0) is 16.0 Å². The van der Waals surface area contributed by atoms with Crippen LogP contribution in [0.15, 0.2) is 24.3 Å². The number of fused-ring (bicyclic) bond motifs is 1. The molecule has 2 aliphatic rings. The van der Waals surface area contributed by atoms with Gasteiger partial charge in [-0.05, 0) is 43.4 Å². The topological polar surface area (TPSA) is 58.6 Å². The lowest BCUT2D eigenvalue weighted by atomic mass is 9.74. The van der Waals surface area contributed by atoms with E-state index in [-0.39, 0.29) is 11.3 Å². The van der Waals surface area contributed by atoms with Crippen LogP contribution >= 0.6 is 0 Å². The first-order valence-electron chi connectivity index (χ1n) is 9.77. The van der Waals surface area contributed by atoms with Gasteiger partial charge < -0.3 is 15.0 Å². The minimum absolute atomic E-state index is 0.0501. The molecule has 0 aromatic heterocycles. The Balaban J connectivity index is 1.60. The van der Waals surface area contributed by atoms with Gasteiger partial charge in [0.25, 0.3) is 0 Å². The third kappa shape index (κ3) is 3.87. The fraction of sp³-hybridized carbons (Fsp3) is 0.619. The highest BCUT2D eigenvalue weighted by Gasteiger charge is 2.49. The van der Waals surface area contributed by atoms with Crippen molar-refractivity contribution in [3.63, 3.8) is 0 Å². The number of carbonyl (C=O) groups is 2. The fourth-order valence-electron chi connectivity index (χ4n) is 4.65. The highest BCUT2D eigenvalue weighted by atomic mass is 16.5. The number of likely N-dealkylation sites (tertiary alicyclic amines) is 1.